The van der Waals surface area contributed by atoms with Gasteiger partial charge in [-0.05, 0) is 48.3 Å². The third kappa shape index (κ3) is 3.41. The molecule has 1 aliphatic heterocycles. The van der Waals surface area contributed by atoms with Crippen molar-refractivity contribution in [3.05, 3.63) is 92.4 Å². The maximum Gasteiger partial charge on any atom is 0.264 e. The summed E-state index contributed by atoms with van der Waals surface area (Å²) >= 11 is 6.50. The molecule has 2 aromatic heterocycles. The Kier molecular flexibility index (Phi) is 5.09. The van der Waals surface area contributed by atoms with Gasteiger partial charge >= 0.3 is 0 Å². The molecule has 4 N–H and O–H groups in total. The highest BCUT2D eigenvalue weighted by Gasteiger charge is 2.46. The van der Waals surface area contributed by atoms with Crippen LogP contribution in [0.25, 0.3) is 16.6 Å². The first-order chi connectivity index (χ1) is 16.9. The van der Waals surface area contributed by atoms with Gasteiger partial charge in [0.15, 0.2) is 5.65 Å². The summed E-state index contributed by atoms with van der Waals surface area (Å²) in [6.45, 7) is 7.66. The summed E-state index contributed by atoms with van der Waals surface area (Å²) in [5, 5.41) is 8.30. The van der Waals surface area contributed by atoms with E-state index in [0.29, 0.717) is 33.3 Å². The monoisotopic (exact) mass is 486 g/mol. The highest BCUT2D eigenvalue weighted by atomic mass is 35.5. The van der Waals surface area contributed by atoms with E-state index in [1.165, 1.54) is 11.1 Å². The number of hydrogen-bond donors (Lipinski definition) is 3. The Hall–Kier alpha value is -3.42. The van der Waals surface area contributed by atoms with Crippen LogP contribution in [-0.4, -0.2) is 33.3 Å². The predicted molar refractivity (Wildman–Crippen MR) is 140 cm³/mol. The summed E-state index contributed by atoms with van der Waals surface area (Å²) in [6.07, 6.45) is 2.90. The third-order valence-corrected chi connectivity index (χ3v) is 8.37. The first-order valence-electron chi connectivity index (χ1n) is 11.9. The topological polar surface area (TPSA) is 104 Å². The van der Waals surface area contributed by atoms with Crippen molar-refractivity contribution < 1.29 is 0 Å². The van der Waals surface area contributed by atoms with E-state index in [1.807, 2.05) is 25.1 Å². The van der Waals surface area contributed by atoms with Crippen molar-refractivity contribution in [2.45, 2.75) is 32.2 Å². The van der Waals surface area contributed by atoms with Gasteiger partial charge < -0.3 is 10.6 Å². The van der Waals surface area contributed by atoms with E-state index in [-0.39, 0.29) is 17.0 Å². The molecule has 0 saturated carbocycles. The van der Waals surface area contributed by atoms with E-state index in [4.69, 9.17) is 22.3 Å². The first-order valence-corrected chi connectivity index (χ1v) is 12.3. The van der Waals surface area contributed by atoms with Crippen molar-refractivity contribution >= 4 is 34.2 Å². The predicted octanol–water partition coefficient (Wildman–Crippen LogP) is 4.51. The van der Waals surface area contributed by atoms with Gasteiger partial charge in [0.05, 0.1) is 5.02 Å². The maximum atomic E-state index is 13.2. The molecule has 3 heterocycles. The van der Waals surface area contributed by atoms with Gasteiger partial charge in [-0.2, -0.15) is 10.1 Å². The molecule has 2 aliphatic rings. The zero-order chi connectivity index (χ0) is 24.3. The molecule has 8 heteroatoms. The van der Waals surface area contributed by atoms with Crippen LogP contribution in [-0.2, 0) is 6.42 Å². The van der Waals surface area contributed by atoms with Crippen molar-refractivity contribution in [2.75, 3.05) is 18.0 Å². The molecule has 0 amide bonds. The van der Waals surface area contributed by atoms with Gasteiger partial charge in [0.1, 0.15) is 11.1 Å². The molecule has 0 unspecified atom stereocenters. The summed E-state index contributed by atoms with van der Waals surface area (Å²) < 4.78 is 0. The molecule has 0 radical (unpaired) electrons. The van der Waals surface area contributed by atoms with Crippen molar-refractivity contribution in [3.63, 3.8) is 0 Å². The zero-order valence-corrected chi connectivity index (χ0v) is 20.3. The molecular formula is C27H27ClN6O. The minimum absolute atomic E-state index is 0.0463. The number of nitrogens with two attached hydrogens (primary N) is 1. The molecule has 1 fully saturated rings. The fraction of sp³-hybridized carbons (Fsp3) is 0.296. The molecule has 1 aliphatic carbocycles. The van der Waals surface area contributed by atoms with Crippen LogP contribution in [0.4, 0.5) is 5.95 Å². The van der Waals surface area contributed by atoms with Gasteiger partial charge in [-0.25, -0.2) is 0 Å². The Labute approximate surface area is 208 Å². The second kappa shape index (κ2) is 8.07. The van der Waals surface area contributed by atoms with E-state index in [9.17, 15) is 4.79 Å². The van der Waals surface area contributed by atoms with E-state index in [1.54, 1.807) is 0 Å². The lowest BCUT2D eigenvalue weighted by atomic mass is 9.73. The zero-order valence-electron chi connectivity index (χ0n) is 19.6. The van der Waals surface area contributed by atoms with E-state index >= 15 is 0 Å². The minimum Gasteiger partial charge on any atom is -0.342 e. The number of rotatable bonds is 3. The highest BCUT2D eigenvalue weighted by molar-refractivity contribution is 6.33. The Balaban J connectivity index is 1.27. The van der Waals surface area contributed by atoms with Gasteiger partial charge in [0.25, 0.3) is 5.56 Å². The van der Waals surface area contributed by atoms with Crippen LogP contribution >= 0.6 is 11.6 Å². The number of benzene rings is 2. The van der Waals surface area contributed by atoms with Crippen molar-refractivity contribution in [1.82, 2.24) is 20.2 Å². The Bertz CT molecular complexity index is 1530. The summed E-state index contributed by atoms with van der Waals surface area (Å²) in [4.78, 5) is 23.0. The molecule has 178 valence electrons. The van der Waals surface area contributed by atoms with E-state index in [0.717, 1.165) is 43.5 Å². The average Bonchev–Trinajstić information content (AvgIpc) is 3.41. The SMILES string of the molecule is C=C(c1cccc(C)c1Cl)c1n[nH]c2nc(N3CCC4(CC3)Cc3ccccc3[C@H]4N)[nH]c(=O)c12. The molecular weight excluding hydrogens is 460 g/mol. The Morgan fingerprint density at radius 3 is 2.74 bits per heavy atom. The first kappa shape index (κ1) is 22.1. The van der Waals surface area contributed by atoms with Crippen LogP contribution in [0.1, 0.15) is 46.8 Å². The standard InChI is InChI=1S/C27H27ClN6O/c1-15-6-5-9-18(21(15)28)16(2)22-20-24(33-32-22)30-26(31-25(20)35)34-12-10-27(11-13-34)14-17-7-3-4-8-19(17)23(27)29/h3-9,23H,2,10-14,29H2,1H3,(H2,30,31,32,33,35)/t23-/m1/s1. The lowest BCUT2D eigenvalue weighted by Crippen LogP contribution is -2.45. The Morgan fingerprint density at radius 2 is 1.97 bits per heavy atom. The smallest absolute Gasteiger partial charge is 0.264 e. The number of aromatic nitrogens is 4. The highest BCUT2D eigenvalue weighted by Crippen LogP contribution is 2.50. The summed E-state index contributed by atoms with van der Waals surface area (Å²) in [7, 11) is 0. The van der Waals surface area contributed by atoms with Gasteiger partial charge in [-0.3, -0.25) is 14.9 Å². The number of nitrogens with zero attached hydrogens (tertiary/aromatic N) is 3. The van der Waals surface area contributed by atoms with Crippen molar-refractivity contribution in [2.24, 2.45) is 11.1 Å². The fourth-order valence-electron chi connectivity index (χ4n) is 5.77. The number of nitrogens with one attached hydrogen (secondary N) is 2. The summed E-state index contributed by atoms with van der Waals surface area (Å²) in [5.41, 5.74) is 12.3. The number of halogens is 1. The summed E-state index contributed by atoms with van der Waals surface area (Å²) in [5.74, 6) is 0.552. The largest absolute Gasteiger partial charge is 0.342 e. The van der Waals surface area contributed by atoms with Crippen LogP contribution in [0.3, 0.4) is 0 Å². The number of piperidine rings is 1. The number of hydrogen-bond acceptors (Lipinski definition) is 5. The molecule has 2 aromatic carbocycles. The molecule has 1 atom stereocenters. The number of aryl methyl sites for hydroxylation is 1. The van der Waals surface area contributed by atoms with Crippen LogP contribution in [0.15, 0.2) is 53.8 Å². The van der Waals surface area contributed by atoms with Crippen LogP contribution in [0, 0.1) is 12.3 Å². The maximum absolute atomic E-state index is 13.2. The van der Waals surface area contributed by atoms with Gasteiger partial charge in [-0.1, -0.05) is 60.6 Å². The van der Waals surface area contributed by atoms with E-state index < -0.39 is 0 Å². The molecule has 7 nitrogen and oxygen atoms in total. The molecule has 35 heavy (non-hydrogen) atoms. The van der Waals surface area contributed by atoms with Gasteiger partial charge in [-0.15, -0.1) is 0 Å². The summed E-state index contributed by atoms with van der Waals surface area (Å²) in [6, 6.07) is 14.3. The Morgan fingerprint density at radius 1 is 1.20 bits per heavy atom. The van der Waals surface area contributed by atoms with E-state index in [2.05, 4.69) is 50.9 Å². The second-order valence-corrected chi connectivity index (χ2v) is 10.2. The number of H-pyrrole nitrogens is 2. The lowest BCUT2D eigenvalue weighted by molar-refractivity contribution is 0.187. The van der Waals surface area contributed by atoms with Gasteiger partial charge in [0, 0.05) is 30.3 Å². The molecule has 1 saturated heterocycles. The quantitative estimate of drug-likeness (QED) is 0.395. The number of aromatic amines is 2. The lowest BCUT2D eigenvalue weighted by Gasteiger charge is -2.42. The molecule has 1 spiro atoms. The van der Waals surface area contributed by atoms with Crippen LogP contribution in [0.2, 0.25) is 5.02 Å². The van der Waals surface area contributed by atoms with Gasteiger partial charge in [0.2, 0.25) is 5.95 Å². The van der Waals surface area contributed by atoms with Crippen LogP contribution < -0.4 is 16.2 Å². The third-order valence-electron chi connectivity index (χ3n) is 7.87. The number of anilines is 1. The minimum atomic E-state index is -0.246. The second-order valence-electron chi connectivity index (χ2n) is 9.80. The normalized spacial score (nSPS) is 18.8. The molecule has 0 bridgehead atoms. The van der Waals surface area contributed by atoms with Crippen molar-refractivity contribution in [1.29, 1.82) is 0 Å². The van der Waals surface area contributed by atoms with Crippen molar-refractivity contribution in [3.8, 4) is 0 Å². The molecule has 6 rings (SSSR count). The van der Waals surface area contributed by atoms with Crippen LogP contribution in [0.5, 0.6) is 0 Å². The molecule has 4 aromatic rings. The number of fused-ring (bicyclic) bond motifs is 2. The average molecular weight is 487 g/mol. The fourth-order valence-corrected chi connectivity index (χ4v) is 6.01.